The lowest BCUT2D eigenvalue weighted by Crippen LogP contribution is -2.48. The molecule has 1 saturated heterocycles. The lowest BCUT2D eigenvalue weighted by atomic mass is 9.60. The van der Waals surface area contributed by atoms with Gasteiger partial charge < -0.3 is 4.74 Å². The molecule has 2 aliphatic rings. The van der Waals surface area contributed by atoms with Crippen molar-refractivity contribution in [3.05, 3.63) is 93.0 Å². The molecule has 2 heterocycles. The second-order valence-corrected chi connectivity index (χ2v) is 11.9. The van der Waals surface area contributed by atoms with Crippen molar-refractivity contribution in [2.24, 2.45) is 11.3 Å². The fourth-order valence-electron chi connectivity index (χ4n) is 6.06. The molecule has 1 aliphatic carbocycles. The molecule has 1 aromatic heterocycles. The van der Waals surface area contributed by atoms with E-state index in [2.05, 4.69) is 77.2 Å². The van der Waals surface area contributed by atoms with Gasteiger partial charge in [0.2, 0.25) is 5.88 Å². The Morgan fingerprint density at radius 3 is 2.69 bits per heavy atom. The molecular formula is C31H34BrClN2O. The van der Waals surface area contributed by atoms with Crippen LogP contribution >= 0.6 is 27.5 Å². The second kappa shape index (κ2) is 10.7. The van der Waals surface area contributed by atoms with Gasteiger partial charge in [-0.2, -0.15) is 0 Å². The maximum absolute atomic E-state index is 6.32. The van der Waals surface area contributed by atoms with Crippen LogP contribution in [0.3, 0.4) is 0 Å². The maximum Gasteiger partial charge on any atom is 0.217 e. The molecule has 0 N–H and O–H groups in total. The Morgan fingerprint density at radius 1 is 1.19 bits per heavy atom. The van der Waals surface area contributed by atoms with Crippen LogP contribution in [0.4, 0.5) is 0 Å². The van der Waals surface area contributed by atoms with Crippen molar-refractivity contribution in [3.8, 4) is 5.88 Å². The summed E-state index contributed by atoms with van der Waals surface area (Å²) in [6, 6.07) is 16.9. The van der Waals surface area contributed by atoms with Crippen LogP contribution in [-0.2, 0) is 0 Å². The number of fused-ring (bicyclic) bond motifs is 1. The van der Waals surface area contributed by atoms with Gasteiger partial charge in [0, 0.05) is 39.5 Å². The van der Waals surface area contributed by atoms with Gasteiger partial charge in [0.05, 0.1) is 12.6 Å². The summed E-state index contributed by atoms with van der Waals surface area (Å²) < 4.78 is 6.98. The van der Waals surface area contributed by atoms with Crippen LogP contribution in [0.5, 0.6) is 5.88 Å². The number of benzene rings is 2. The molecule has 5 rings (SSSR count). The number of ether oxygens (including phenoxy) is 1. The average molecular weight is 566 g/mol. The van der Waals surface area contributed by atoms with Crippen LogP contribution in [0.15, 0.2) is 76.8 Å². The summed E-state index contributed by atoms with van der Waals surface area (Å²) in [5.74, 6) is 1.32. The predicted molar refractivity (Wildman–Crippen MR) is 154 cm³/mol. The van der Waals surface area contributed by atoms with Crippen molar-refractivity contribution in [2.45, 2.75) is 39.0 Å². The number of rotatable bonds is 6. The Balaban J connectivity index is 1.55. The number of hydrogen-bond donors (Lipinski definition) is 0. The lowest BCUT2D eigenvalue weighted by Gasteiger charge is -2.49. The van der Waals surface area contributed by atoms with E-state index >= 15 is 0 Å². The Labute approximate surface area is 228 Å². The first-order chi connectivity index (χ1) is 17.4. The normalized spacial score (nSPS) is 23.5. The van der Waals surface area contributed by atoms with Gasteiger partial charge in [-0.25, -0.2) is 4.98 Å². The zero-order chi connectivity index (χ0) is 25.3. The second-order valence-electron chi connectivity index (χ2n) is 10.6. The van der Waals surface area contributed by atoms with Crippen molar-refractivity contribution in [2.75, 3.05) is 26.7 Å². The molecule has 0 radical (unpaired) electrons. The van der Waals surface area contributed by atoms with E-state index in [-0.39, 0.29) is 11.3 Å². The summed E-state index contributed by atoms with van der Waals surface area (Å²) in [6.07, 6.45) is 10.2. The number of halogens is 2. The van der Waals surface area contributed by atoms with Gasteiger partial charge in [-0.15, -0.1) is 0 Å². The van der Waals surface area contributed by atoms with Crippen LogP contribution < -0.4 is 4.74 Å². The van der Waals surface area contributed by atoms with E-state index in [1.54, 1.807) is 12.7 Å². The number of allylic oxidation sites excluding steroid dienone is 3. The Hall–Kier alpha value is -2.14. The van der Waals surface area contributed by atoms with Gasteiger partial charge in [0.15, 0.2) is 0 Å². The Kier molecular flexibility index (Phi) is 7.57. The summed E-state index contributed by atoms with van der Waals surface area (Å²) in [7, 11) is 1.73. The third kappa shape index (κ3) is 5.14. The number of nitrogens with zero attached hydrogens (tertiary/aromatic N) is 2. The summed E-state index contributed by atoms with van der Waals surface area (Å²) >= 11 is 9.96. The van der Waals surface area contributed by atoms with Crippen LogP contribution in [0.25, 0.3) is 10.9 Å². The highest BCUT2D eigenvalue weighted by molar-refractivity contribution is 9.10. The summed E-state index contributed by atoms with van der Waals surface area (Å²) in [4.78, 5) is 7.59. The van der Waals surface area contributed by atoms with E-state index in [9.17, 15) is 0 Å². The maximum atomic E-state index is 6.32. The van der Waals surface area contributed by atoms with E-state index < -0.39 is 0 Å². The van der Waals surface area contributed by atoms with Gasteiger partial charge >= 0.3 is 0 Å². The first kappa shape index (κ1) is 25.5. The number of aromatic nitrogens is 1. The van der Waals surface area contributed by atoms with Gasteiger partial charge in [0.1, 0.15) is 0 Å². The molecule has 2 aromatic carbocycles. The number of methoxy groups -OCH3 is 1. The molecule has 5 heteroatoms. The van der Waals surface area contributed by atoms with Crippen molar-refractivity contribution in [1.82, 2.24) is 9.88 Å². The largest absolute Gasteiger partial charge is 0.481 e. The molecule has 0 amide bonds. The van der Waals surface area contributed by atoms with Crippen molar-refractivity contribution >= 4 is 38.4 Å². The third-order valence-electron chi connectivity index (χ3n) is 8.29. The van der Waals surface area contributed by atoms with Crippen LogP contribution in [0.2, 0.25) is 5.02 Å². The standard InChI is InChI=1S/C31H34BrClN2O/c1-21-19-35(20-22-7-5-4-6-8-22)16-15-31(21,2)29(23-9-12-26(33)13-10-23)27-18-24-17-25(32)11-14-28(24)34-30(27)36-3/h4-5,7,9-14,17-18,21,29H,6,8,15-16,19-20H2,1-3H3. The fourth-order valence-corrected chi connectivity index (χ4v) is 6.57. The van der Waals surface area contributed by atoms with Crippen LogP contribution in [0.1, 0.15) is 50.2 Å². The summed E-state index contributed by atoms with van der Waals surface area (Å²) in [5.41, 5.74) is 4.93. The minimum absolute atomic E-state index is 0.0276. The average Bonchev–Trinajstić information content (AvgIpc) is 2.88. The van der Waals surface area contributed by atoms with Gasteiger partial charge in [-0.1, -0.05) is 77.3 Å². The fraction of sp³-hybridized carbons (Fsp3) is 0.387. The molecule has 0 bridgehead atoms. The predicted octanol–water partition coefficient (Wildman–Crippen LogP) is 8.42. The van der Waals surface area contributed by atoms with Crippen LogP contribution in [0, 0.1) is 11.3 Å². The summed E-state index contributed by atoms with van der Waals surface area (Å²) in [5, 5.41) is 1.87. The summed E-state index contributed by atoms with van der Waals surface area (Å²) in [6.45, 7) is 8.12. The minimum Gasteiger partial charge on any atom is -0.481 e. The van der Waals surface area contributed by atoms with E-state index in [1.807, 2.05) is 24.3 Å². The van der Waals surface area contributed by atoms with Crippen molar-refractivity contribution in [3.63, 3.8) is 0 Å². The van der Waals surface area contributed by atoms with E-state index in [0.29, 0.717) is 11.8 Å². The van der Waals surface area contributed by atoms with Crippen LogP contribution in [-0.4, -0.2) is 36.6 Å². The number of hydrogen-bond acceptors (Lipinski definition) is 3. The zero-order valence-corrected chi connectivity index (χ0v) is 23.6. The molecule has 3 nitrogen and oxygen atoms in total. The highest BCUT2D eigenvalue weighted by Gasteiger charge is 2.45. The van der Waals surface area contributed by atoms with E-state index in [1.165, 1.54) is 12.0 Å². The molecule has 1 fully saturated rings. The molecule has 36 heavy (non-hydrogen) atoms. The van der Waals surface area contributed by atoms with Gasteiger partial charge in [-0.05, 0) is 79.1 Å². The molecule has 3 unspecified atom stereocenters. The number of piperidine rings is 1. The highest BCUT2D eigenvalue weighted by Crippen LogP contribution is 2.53. The van der Waals surface area contributed by atoms with E-state index in [4.69, 9.17) is 21.3 Å². The number of likely N-dealkylation sites (tertiary alicyclic amines) is 1. The SMILES string of the molecule is COc1nc2ccc(Br)cc2cc1C(c1ccc(Cl)cc1)C1(C)CCN(CC2=CC=CCC2)CC1C. The zero-order valence-electron chi connectivity index (χ0n) is 21.3. The quantitative estimate of drug-likeness (QED) is 0.300. The van der Waals surface area contributed by atoms with Crippen molar-refractivity contribution < 1.29 is 4.74 Å². The lowest BCUT2D eigenvalue weighted by molar-refractivity contribution is 0.0472. The van der Waals surface area contributed by atoms with Gasteiger partial charge in [0.25, 0.3) is 0 Å². The third-order valence-corrected chi connectivity index (χ3v) is 9.03. The minimum atomic E-state index is 0.0276. The monoisotopic (exact) mass is 564 g/mol. The molecule has 1 aliphatic heterocycles. The highest BCUT2D eigenvalue weighted by atomic mass is 79.9. The van der Waals surface area contributed by atoms with Crippen molar-refractivity contribution in [1.29, 1.82) is 0 Å². The molecule has 3 atom stereocenters. The Morgan fingerprint density at radius 2 is 2.00 bits per heavy atom. The topological polar surface area (TPSA) is 25.4 Å². The first-order valence-electron chi connectivity index (χ1n) is 12.8. The molecule has 3 aromatic rings. The molecule has 188 valence electrons. The Bertz CT molecular complexity index is 1300. The molecule has 0 spiro atoms. The van der Waals surface area contributed by atoms with Gasteiger partial charge in [-0.3, -0.25) is 4.90 Å². The molecular weight excluding hydrogens is 532 g/mol. The van der Waals surface area contributed by atoms with E-state index in [0.717, 1.165) is 58.4 Å². The molecule has 0 saturated carbocycles. The first-order valence-corrected chi connectivity index (χ1v) is 14.0. The smallest absolute Gasteiger partial charge is 0.217 e. The number of pyridine rings is 1.